The molecule has 5 nitrogen and oxygen atoms in total. The summed E-state index contributed by atoms with van der Waals surface area (Å²) in [6.07, 6.45) is 2.37. The lowest BCUT2D eigenvalue weighted by atomic mass is 10.2. The molecule has 0 saturated heterocycles. The second kappa shape index (κ2) is 4.57. The maximum absolute atomic E-state index is 12.1. The number of aromatic amines is 1. The van der Waals surface area contributed by atoms with Crippen molar-refractivity contribution >= 4 is 5.91 Å². The highest BCUT2D eigenvalue weighted by Gasteiger charge is 2.26. The molecule has 2 aromatic rings. The van der Waals surface area contributed by atoms with E-state index in [4.69, 9.17) is 4.42 Å². The summed E-state index contributed by atoms with van der Waals surface area (Å²) in [6.45, 7) is 3.78. The molecule has 0 aromatic carbocycles. The lowest BCUT2D eigenvalue weighted by molar-refractivity contribution is 0.0930. The third-order valence-electron chi connectivity index (χ3n) is 3.38. The van der Waals surface area contributed by atoms with Crippen LogP contribution in [0.5, 0.6) is 0 Å². The van der Waals surface area contributed by atoms with E-state index < -0.39 is 0 Å². The van der Waals surface area contributed by atoms with Gasteiger partial charge in [0, 0.05) is 11.6 Å². The molecule has 1 saturated carbocycles. The zero-order valence-electron chi connectivity index (χ0n) is 11.1. The van der Waals surface area contributed by atoms with Crippen molar-refractivity contribution in [3.63, 3.8) is 0 Å². The Labute approximate surface area is 111 Å². The average Bonchev–Trinajstić information content (AvgIpc) is 2.94. The van der Waals surface area contributed by atoms with Crippen LogP contribution in [0, 0.1) is 6.92 Å². The van der Waals surface area contributed by atoms with Crippen LogP contribution in [0.15, 0.2) is 22.6 Å². The molecule has 2 N–H and O–H groups in total. The van der Waals surface area contributed by atoms with Crippen LogP contribution >= 0.6 is 0 Å². The molecule has 1 atom stereocenters. The van der Waals surface area contributed by atoms with Gasteiger partial charge in [0.05, 0.1) is 6.04 Å². The lowest BCUT2D eigenvalue weighted by Crippen LogP contribution is -2.26. The van der Waals surface area contributed by atoms with E-state index in [1.165, 1.54) is 12.8 Å². The largest absolute Gasteiger partial charge is 0.464 e. The van der Waals surface area contributed by atoms with Crippen molar-refractivity contribution < 1.29 is 9.21 Å². The molecule has 2 aromatic heterocycles. The first-order chi connectivity index (χ1) is 9.13. The molecule has 5 heteroatoms. The van der Waals surface area contributed by atoms with Crippen molar-refractivity contribution in [3.05, 3.63) is 41.1 Å². The predicted octanol–water partition coefficient (Wildman–Crippen LogP) is 2.68. The van der Waals surface area contributed by atoms with Gasteiger partial charge in [0.15, 0.2) is 0 Å². The van der Waals surface area contributed by atoms with Gasteiger partial charge in [0.25, 0.3) is 5.91 Å². The molecule has 1 aliphatic carbocycles. The average molecular weight is 259 g/mol. The van der Waals surface area contributed by atoms with E-state index >= 15 is 0 Å². The zero-order chi connectivity index (χ0) is 13.4. The highest BCUT2D eigenvalue weighted by atomic mass is 16.3. The third kappa shape index (κ3) is 2.54. The van der Waals surface area contributed by atoms with Crippen LogP contribution in [-0.2, 0) is 0 Å². The number of rotatable bonds is 4. The second-order valence-electron chi connectivity index (χ2n) is 5.13. The summed E-state index contributed by atoms with van der Waals surface area (Å²) in [5.74, 6) is 1.99. The molecule has 1 amide bonds. The topological polar surface area (TPSA) is 70.9 Å². The molecule has 0 spiro atoms. The first kappa shape index (κ1) is 12.0. The Bertz CT molecular complexity index is 595. The van der Waals surface area contributed by atoms with E-state index in [-0.39, 0.29) is 11.9 Å². The van der Waals surface area contributed by atoms with Gasteiger partial charge in [0.2, 0.25) is 0 Å². The fourth-order valence-electron chi connectivity index (χ4n) is 2.08. The minimum absolute atomic E-state index is 0.165. The molecule has 0 unspecified atom stereocenters. The van der Waals surface area contributed by atoms with Crippen LogP contribution in [0.4, 0.5) is 0 Å². The van der Waals surface area contributed by atoms with Gasteiger partial charge >= 0.3 is 0 Å². The van der Waals surface area contributed by atoms with E-state index in [0.29, 0.717) is 11.6 Å². The van der Waals surface area contributed by atoms with Gasteiger partial charge in [-0.15, -0.1) is 0 Å². The summed E-state index contributed by atoms with van der Waals surface area (Å²) in [6, 6.07) is 5.44. The molecule has 2 heterocycles. The summed E-state index contributed by atoms with van der Waals surface area (Å²) < 4.78 is 5.49. The number of aromatic nitrogens is 2. The molecule has 0 aliphatic heterocycles. The monoisotopic (exact) mass is 259 g/mol. The van der Waals surface area contributed by atoms with Gasteiger partial charge in [-0.05, 0) is 44.9 Å². The number of nitrogens with one attached hydrogen (secondary N) is 2. The Morgan fingerprint density at radius 1 is 1.53 bits per heavy atom. The van der Waals surface area contributed by atoms with E-state index in [1.807, 2.05) is 32.0 Å². The number of carbonyl (C=O) groups excluding carboxylic acids is 1. The highest BCUT2D eigenvalue weighted by Crippen LogP contribution is 2.39. The van der Waals surface area contributed by atoms with Crippen LogP contribution in [0.3, 0.4) is 0 Å². The van der Waals surface area contributed by atoms with Crippen molar-refractivity contribution in [1.29, 1.82) is 0 Å². The fourth-order valence-corrected chi connectivity index (χ4v) is 2.08. The molecule has 1 fully saturated rings. The van der Waals surface area contributed by atoms with Crippen molar-refractivity contribution in [2.75, 3.05) is 0 Å². The van der Waals surface area contributed by atoms with Crippen molar-refractivity contribution in [3.8, 4) is 0 Å². The van der Waals surface area contributed by atoms with Gasteiger partial charge in [0.1, 0.15) is 17.2 Å². The molecule has 0 bridgehead atoms. The summed E-state index contributed by atoms with van der Waals surface area (Å²) in [5.41, 5.74) is 1.50. The minimum atomic E-state index is -0.176. The predicted molar refractivity (Wildman–Crippen MR) is 69.9 cm³/mol. The molecule has 3 rings (SSSR count). The Morgan fingerprint density at radius 2 is 2.32 bits per heavy atom. The smallest absolute Gasteiger partial charge is 0.272 e. The standard InChI is InChI=1S/C14H17N3O2/c1-8-3-6-13(19-8)9(2)15-14(18)12-7-11(16-17-12)10-4-5-10/h3,6-7,9-10H,4-5H2,1-2H3,(H,15,18)(H,16,17)/t9-/m0/s1. The van der Waals surface area contributed by atoms with Gasteiger partial charge in [-0.3, -0.25) is 9.89 Å². The van der Waals surface area contributed by atoms with E-state index in [9.17, 15) is 4.79 Å². The SMILES string of the molecule is Cc1ccc([C@H](C)NC(=O)c2cc(C3CC3)[nH]n2)o1. The Morgan fingerprint density at radius 3 is 2.95 bits per heavy atom. The number of carbonyl (C=O) groups is 1. The van der Waals surface area contributed by atoms with E-state index in [2.05, 4.69) is 15.5 Å². The number of hydrogen-bond acceptors (Lipinski definition) is 3. The van der Waals surface area contributed by atoms with Crippen LogP contribution in [0.1, 0.15) is 59.4 Å². The second-order valence-corrected chi connectivity index (χ2v) is 5.13. The molecule has 0 radical (unpaired) electrons. The quantitative estimate of drug-likeness (QED) is 0.886. The van der Waals surface area contributed by atoms with Crippen LogP contribution in [-0.4, -0.2) is 16.1 Å². The summed E-state index contributed by atoms with van der Waals surface area (Å²) in [4.78, 5) is 12.1. The maximum atomic E-state index is 12.1. The van der Waals surface area contributed by atoms with Gasteiger partial charge in [-0.25, -0.2) is 0 Å². The Balaban J connectivity index is 1.66. The lowest BCUT2D eigenvalue weighted by Gasteiger charge is -2.09. The molecule has 1 aliphatic rings. The van der Waals surface area contributed by atoms with Gasteiger partial charge in [-0.2, -0.15) is 5.10 Å². The molecular weight excluding hydrogens is 242 g/mol. The number of amides is 1. The first-order valence-electron chi connectivity index (χ1n) is 6.56. The number of nitrogens with zero attached hydrogens (tertiary/aromatic N) is 1. The van der Waals surface area contributed by atoms with Gasteiger partial charge < -0.3 is 9.73 Å². The normalized spacial score (nSPS) is 16.3. The van der Waals surface area contributed by atoms with Gasteiger partial charge in [-0.1, -0.05) is 0 Å². The number of aryl methyl sites for hydroxylation is 1. The number of hydrogen-bond donors (Lipinski definition) is 2. The van der Waals surface area contributed by atoms with Crippen molar-refractivity contribution in [2.24, 2.45) is 0 Å². The molecule has 19 heavy (non-hydrogen) atoms. The van der Waals surface area contributed by atoms with E-state index in [1.54, 1.807) is 0 Å². The Kier molecular flexibility index (Phi) is 2.89. The number of furan rings is 1. The summed E-state index contributed by atoms with van der Waals surface area (Å²) in [7, 11) is 0. The maximum Gasteiger partial charge on any atom is 0.272 e. The zero-order valence-corrected chi connectivity index (χ0v) is 11.1. The Hall–Kier alpha value is -2.04. The minimum Gasteiger partial charge on any atom is -0.464 e. The summed E-state index contributed by atoms with van der Waals surface area (Å²) in [5, 5.41) is 9.88. The van der Waals surface area contributed by atoms with E-state index in [0.717, 1.165) is 17.2 Å². The van der Waals surface area contributed by atoms with Crippen LogP contribution < -0.4 is 5.32 Å². The van der Waals surface area contributed by atoms with Crippen molar-refractivity contribution in [2.45, 2.75) is 38.6 Å². The van der Waals surface area contributed by atoms with Crippen LogP contribution in [0.2, 0.25) is 0 Å². The number of H-pyrrole nitrogens is 1. The van der Waals surface area contributed by atoms with Crippen molar-refractivity contribution in [1.82, 2.24) is 15.5 Å². The fraction of sp³-hybridized carbons (Fsp3) is 0.429. The third-order valence-corrected chi connectivity index (χ3v) is 3.38. The first-order valence-corrected chi connectivity index (χ1v) is 6.56. The molecular formula is C14H17N3O2. The highest BCUT2D eigenvalue weighted by molar-refractivity contribution is 5.92. The van der Waals surface area contributed by atoms with Crippen LogP contribution in [0.25, 0.3) is 0 Å². The molecule has 100 valence electrons. The summed E-state index contributed by atoms with van der Waals surface area (Å²) >= 11 is 0.